The number of pyridine rings is 1. The molecule has 0 aliphatic carbocycles. The van der Waals surface area contributed by atoms with E-state index in [1.807, 2.05) is 12.1 Å². The van der Waals surface area contributed by atoms with Crippen LogP contribution in [0, 0.1) is 11.2 Å². The molecular weight excluding hydrogens is 471 g/mol. The molecule has 1 unspecified atom stereocenters. The van der Waals surface area contributed by atoms with Crippen LogP contribution < -0.4 is 11.1 Å². The molecule has 3 aromatic rings. The second kappa shape index (κ2) is 12.2. The third-order valence-corrected chi connectivity index (χ3v) is 5.72. The van der Waals surface area contributed by atoms with Crippen molar-refractivity contribution in [1.29, 1.82) is 5.41 Å². The van der Waals surface area contributed by atoms with Crippen molar-refractivity contribution in [2.45, 2.75) is 18.6 Å². The monoisotopic (exact) mass is 496 g/mol. The quantitative estimate of drug-likeness (QED) is 0.320. The van der Waals surface area contributed by atoms with Crippen molar-refractivity contribution in [3.63, 3.8) is 0 Å². The number of halogens is 2. The summed E-state index contributed by atoms with van der Waals surface area (Å²) in [5.41, 5.74) is 8.02. The first kappa shape index (κ1) is 26.0. The lowest BCUT2D eigenvalue weighted by Gasteiger charge is -2.26. The number of benzene rings is 2. The molecule has 0 saturated carbocycles. The lowest BCUT2D eigenvalue weighted by Crippen LogP contribution is -2.47. The number of carbonyl (C=O) groups is 1. The maximum atomic E-state index is 13.3. The summed E-state index contributed by atoms with van der Waals surface area (Å²) < 4.78 is 18.6. The van der Waals surface area contributed by atoms with E-state index in [9.17, 15) is 14.3 Å². The van der Waals surface area contributed by atoms with Gasteiger partial charge in [-0.1, -0.05) is 23.7 Å². The zero-order valence-electron chi connectivity index (χ0n) is 19.0. The maximum absolute atomic E-state index is 13.3. The molecule has 3 rings (SSSR count). The van der Waals surface area contributed by atoms with Crippen LogP contribution in [0.25, 0.3) is 5.70 Å². The van der Waals surface area contributed by atoms with Crippen LogP contribution in [0.5, 0.6) is 0 Å². The molecule has 2 atom stereocenters. The van der Waals surface area contributed by atoms with Crippen molar-refractivity contribution < 1.29 is 19.0 Å². The largest absolute Gasteiger partial charge is 0.398 e. The second-order valence-corrected chi connectivity index (χ2v) is 8.15. The van der Waals surface area contributed by atoms with Gasteiger partial charge in [-0.2, -0.15) is 0 Å². The molecule has 0 aliphatic heterocycles. The maximum Gasteiger partial charge on any atom is 0.252 e. The first-order chi connectivity index (χ1) is 16.8. The summed E-state index contributed by atoms with van der Waals surface area (Å²) in [4.78, 5) is 17.6. The number of nitrogens with zero attached hydrogens (tertiary/aromatic N) is 1. The van der Waals surface area contributed by atoms with Gasteiger partial charge in [-0.25, -0.2) is 4.39 Å². The minimum atomic E-state index is -0.678. The summed E-state index contributed by atoms with van der Waals surface area (Å²) in [6, 6.07) is 15.0. The Morgan fingerprint density at radius 2 is 1.97 bits per heavy atom. The summed E-state index contributed by atoms with van der Waals surface area (Å²) in [6.45, 7) is -0.312. The van der Waals surface area contributed by atoms with E-state index in [4.69, 9.17) is 27.5 Å². The van der Waals surface area contributed by atoms with E-state index in [1.54, 1.807) is 30.5 Å². The molecule has 1 amide bonds. The number of nitrogens with two attached hydrogens (primary N) is 1. The van der Waals surface area contributed by atoms with E-state index < -0.39 is 23.9 Å². The molecular formula is C26H26ClFN4O3. The highest BCUT2D eigenvalue weighted by molar-refractivity contribution is 6.33. The number of methoxy groups -OCH3 is 1. The lowest BCUT2D eigenvalue weighted by atomic mass is 9.99. The molecule has 7 nitrogen and oxygen atoms in total. The zero-order valence-corrected chi connectivity index (χ0v) is 19.8. The number of ether oxygens (including phenoxy) is 1. The third-order valence-electron chi connectivity index (χ3n) is 5.41. The molecule has 5 N–H and O–H groups in total. The predicted octanol–water partition coefficient (Wildman–Crippen LogP) is 3.59. The number of rotatable bonds is 10. The number of nitrogens with one attached hydrogen (secondary N) is 2. The van der Waals surface area contributed by atoms with Crippen LogP contribution in [0.4, 0.5) is 4.39 Å². The Kier molecular flexibility index (Phi) is 9.08. The van der Waals surface area contributed by atoms with Crippen LogP contribution in [0.2, 0.25) is 5.02 Å². The predicted molar refractivity (Wildman–Crippen MR) is 134 cm³/mol. The summed E-state index contributed by atoms with van der Waals surface area (Å²) in [7, 11) is 1.45. The van der Waals surface area contributed by atoms with Crippen LogP contribution in [0.15, 0.2) is 72.9 Å². The molecule has 1 aromatic heterocycles. The van der Waals surface area contributed by atoms with E-state index in [1.165, 1.54) is 37.5 Å². The number of allylic oxidation sites excluding steroid dienone is 1. The number of hydrogen-bond acceptors (Lipinski definition) is 6. The number of aliphatic hydroxyl groups excluding tert-OH is 1. The van der Waals surface area contributed by atoms with E-state index >= 15 is 0 Å². The van der Waals surface area contributed by atoms with E-state index in [2.05, 4.69) is 10.3 Å². The molecule has 1 heterocycles. The summed E-state index contributed by atoms with van der Waals surface area (Å²) in [5.74, 6) is -0.898. The Hall–Kier alpha value is -3.59. The SMILES string of the molecule is CO[C@H](CO)C(Cc1ccccn1)NC(=O)c1cccc(Cl)c1C(N)=CC(=N)c1ccc(F)cc1. The fourth-order valence-electron chi connectivity index (χ4n) is 3.58. The molecule has 0 spiro atoms. The van der Waals surface area contributed by atoms with Gasteiger partial charge in [0.05, 0.1) is 28.9 Å². The third kappa shape index (κ3) is 6.73. The van der Waals surface area contributed by atoms with E-state index in [-0.39, 0.29) is 34.2 Å². The van der Waals surface area contributed by atoms with Gasteiger partial charge < -0.3 is 26.3 Å². The van der Waals surface area contributed by atoms with Crippen molar-refractivity contribution in [1.82, 2.24) is 10.3 Å². The Morgan fingerprint density at radius 1 is 1.23 bits per heavy atom. The highest BCUT2D eigenvalue weighted by Gasteiger charge is 2.26. The van der Waals surface area contributed by atoms with Crippen molar-refractivity contribution >= 4 is 28.9 Å². The summed E-state index contributed by atoms with van der Waals surface area (Å²) in [5, 5.41) is 21.2. The summed E-state index contributed by atoms with van der Waals surface area (Å²) >= 11 is 6.41. The van der Waals surface area contributed by atoms with Gasteiger partial charge in [0.15, 0.2) is 0 Å². The van der Waals surface area contributed by atoms with Crippen LogP contribution in [0.3, 0.4) is 0 Å². The molecule has 0 bridgehead atoms. The molecule has 0 fully saturated rings. The van der Waals surface area contributed by atoms with Gasteiger partial charge in [0.2, 0.25) is 0 Å². The first-order valence-electron chi connectivity index (χ1n) is 10.8. The number of aromatic nitrogens is 1. The number of amides is 1. The van der Waals surface area contributed by atoms with Crippen LogP contribution in [-0.2, 0) is 11.2 Å². The number of carbonyl (C=O) groups excluding carboxylic acids is 1. The van der Waals surface area contributed by atoms with Crippen LogP contribution >= 0.6 is 11.6 Å². The lowest BCUT2D eigenvalue weighted by molar-refractivity contribution is 0.0214. The summed E-state index contributed by atoms with van der Waals surface area (Å²) in [6.07, 6.45) is 2.65. The van der Waals surface area contributed by atoms with Crippen molar-refractivity contribution in [3.8, 4) is 0 Å². The molecule has 182 valence electrons. The molecule has 0 radical (unpaired) electrons. The Bertz CT molecular complexity index is 1200. The Balaban J connectivity index is 1.91. The van der Waals surface area contributed by atoms with Gasteiger partial charge in [0.25, 0.3) is 5.91 Å². The van der Waals surface area contributed by atoms with Crippen molar-refractivity contribution in [3.05, 3.63) is 106 Å². The highest BCUT2D eigenvalue weighted by Crippen LogP contribution is 2.26. The minimum absolute atomic E-state index is 0.0292. The molecule has 35 heavy (non-hydrogen) atoms. The first-order valence-corrected chi connectivity index (χ1v) is 11.2. The average molecular weight is 497 g/mol. The number of aliphatic hydroxyl groups is 1. The van der Waals surface area contributed by atoms with Gasteiger partial charge in [0, 0.05) is 36.7 Å². The second-order valence-electron chi connectivity index (χ2n) is 7.74. The zero-order chi connectivity index (χ0) is 25.4. The molecule has 9 heteroatoms. The molecule has 0 saturated heterocycles. The van der Waals surface area contributed by atoms with Gasteiger partial charge in [-0.05, 0) is 60.2 Å². The van der Waals surface area contributed by atoms with E-state index in [0.717, 1.165) is 0 Å². The van der Waals surface area contributed by atoms with Gasteiger partial charge in [0.1, 0.15) is 11.9 Å². The smallest absolute Gasteiger partial charge is 0.252 e. The van der Waals surface area contributed by atoms with Crippen molar-refractivity contribution in [2.24, 2.45) is 5.73 Å². The van der Waals surface area contributed by atoms with Gasteiger partial charge >= 0.3 is 0 Å². The Morgan fingerprint density at radius 3 is 2.60 bits per heavy atom. The topological polar surface area (TPSA) is 121 Å². The van der Waals surface area contributed by atoms with Crippen molar-refractivity contribution in [2.75, 3.05) is 13.7 Å². The minimum Gasteiger partial charge on any atom is -0.398 e. The van der Waals surface area contributed by atoms with Crippen LogP contribution in [-0.4, -0.2) is 47.6 Å². The normalized spacial score (nSPS) is 13.2. The van der Waals surface area contributed by atoms with Gasteiger partial charge in [-0.15, -0.1) is 0 Å². The molecule has 2 aromatic carbocycles. The Labute approximate surface area is 207 Å². The highest BCUT2D eigenvalue weighted by atomic mass is 35.5. The number of hydrogen-bond donors (Lipinski definition) is 4. The van der Waals surface area contributed by atoms with E-state index in [0.29, 0.717) is 17.7 Å². The van der Waals surface area contributed by atoms with Crippen LogP contribution in [0.1, 0.15) is 27.2 Å². The fourth-order valence-corrected chi connectivity index (χ4v) is 3.86. The standard InChI is InChI=1S/C26H26ClFN4O3/c1-35-24(15-33)23(13-18-5-2-3-12-31-18)32-26(34)19-6-4-7-20(27)25(19)22(30)14-21(29)16-8-10-17(28)11-9-16/h2-12,14,23-24,29,33H,13,15,30H2,1H3,(H,32,34)/t23?,24-/m1/s1. The average Bonchev–Trinajstić information content (AvgIpc) is 2.85. The molecule has 0 aliphatic rings. The van der Waals surface area contributed by atoms with Gasteiger partial charge in [-0.3, -0.25) is 9.78 Å². The fraction of sp³-hybridized carbons (Fsp3) is 0.192.